The maximum absolute atomic E-state index is 10.7. The normalized spacial score (nSPS) is 20.1. The molecule has 0 aromatic heterocycles. The van der Waals surface area contributed by atoms with Crippen molar-refractivity contribution in [3.8, 4) is 0 Å². The lowest BCUT2D eigenvalue weighted by Gasteiger charge is -2.28. The third-order valence-electron chi connectivity index (χ3n) is 3.88. The van der Waals surface area contributed by atoms with Crippen molar-refractivity contribution in [2.24, 2.45) is 0 Å². The predicted octanol–water partition coefficient (Wildman–Crippen LogP) is 3.42. The van der Waals surface area contributed by atoms with E-state index in [1.165, 1.54) is 43.6 Å². The molecule has 1 aliphatic heterocycles. The minimum Gasteiger partial charge on any atom is -0.379 e. The number of hydrogen-bond acceptors (Lipinski definition) is 3. The van der Waals surface area contributed by atoms with Crippen LogP contribution in [0.5, 0.6) is 0 Å². The number of rotatable bonds is 8. The molecule has 0 spiro atoms. The van der Waals surface area contributed by atoms with Crippen LogP contribution in [0.2, 0.25) is 25.7 Å². The van der Waals surface area contributed by atoms with E-state index >= 15 is 0 Å². The quantitative estimate of drug-likeness (QED) is 0.314. The van der Waals surface area contributed by atoms with Crippen molar-refractivity contribution in [3.05, 3.63) is 0 Å². The molecule has 1 atom stereocenters. The van der Waals surface area contributed by atoms with Crippen molar-refractivity contribution in [1.82, 2.24) is 0 Å². The van der Waals surface area contributed by atoms with Crippen molar-refractivity contribution >= 4 is 15.7 Å². The van der Waals surface area contributed by atoms with Gasteiger partial charge in [-0.2, -0.15) is 0 Å². The van der Waals surface area contributed by atoms with E-state index in [1.54, 1.807) is 7.11 Å². The molecule has 1 saturated heterocycles. The summed E-state index contributed by atoms with van der Waals surface area (Å²) in [4.78, 5) is 8.79. The lowest BCUT2D eigenvalue weighted by Crippen LogP contribution is -2.43. The van der Waals surface area contributed by atoms with Gasteiger partial charge >= 0.3 is 7.60 Å². The van der Waals surface area contributed by atoms with Crippen LogP contribution in [-0.4, -0.2) is 71.1 Å². The molecule has 0 aliphatic carbocycles. The zero-order valence-corrected chi connectivity index (χ0v) is 17.3. The van der Waals surface area contributed by atoms with E-state index in [-0.39, 0.29) is 0 Å². The van der Waals surface area contributed by atoms with Crippen molar-refractivity contribution in [1.29, 1.82) is 0 Å². The second kappa shape index (κ2) is 10.2. The van der Waals surface area contributed by atoms with Crippen LogP contribution < -0.4 is 0 Å². The first kappa shape index (κ1) is 22.3. The third-order valence-corrected chi connectivity index (χ3v) is 6.40. The molecule has 134 valence electrons. The highest BCUT2D eigenvalue weighted by molar-refractivity contribution is 7.51. The maximum Gasteiger partial charge on any atom is 0.325 e. The van der Waals surface area contributed by atoms with E-state index in [4.69, 9.17) is 14.2 Å². The number of quaternary nitrogens is 1. The van der Waals surface area contributed by atoms with E-state index < -0.39 is 15.7 Å². The first-order valence-corrected chi connectivity index (χ1v) is 14.0. The summed E-state index contributed by atoms with van der Waals surface area (Å²) in [5.74, 6) is 0. The van der Waals surface area contributed by atoms with Gasteiger partial charge in [0.1, 0.15) is 6.54 Å². The topological polar surface area (TPSA) is 55.8 Å². The number of nitrogens with zero attached hydrogens (tertiary/aromatic N) is 1. The van der Waals surface area contributed by atoms with Gasteiger partial charge in [-0.05, 0) is 6.42 Å². The molecule has 22 heavy (non-hydrogen) atoms. The monoisotopic (exact) mass is 354 g/mol. The molecule has 7 heteroatoms. The molecule has 5 nitrogen and oxygen atoms in total. The highest BCUT2D eigenvalue weighted by Gasteiger charge is 2.25. The summed E-state index contributed by atoms with van der Waals surface area (Å²) >= 11 is 0. The van der Waals surface area contributed by atoms with Gasteiger partial charge in [0.05, 0.1) is 33.4 Å². The zero-order chi connectivity index (χ0) is 17.3. The van der Waals surface area contributed by atoms with Gasteiger partial charge in [0.2, 0.25) is 0 Å². The molecule has 1 rings (SSSR count). The lowest BCUT2D eigenvalue weighted by molar-refractivity contribution is -0.897. The number of likely N-dealkylation sites (N-methyl/N-ethyl adjacent to an activating group) is 1. The summed E-state index contributed by atoms with van der Waals surface area (Å²) in [5.41, 5.74) is 0. The van der Waals surface area contributed by atoms with Crippen LogP contribution in [0.1, 0.15) is 19.3 Å². The van der Waals surface area contributed by atoms with Gasteiger partial charge in [0.15, 0.2) is 0 Å². The van der Waals surface area contributed by atoms with Crippen molar-refractivity contribution in [2.45, 2.75) is 44.9 Å². The van der Waals surface area contributed by atoms with Crippen molar-refractivity contribution < 1.29 is 23.2 Å². The molecular weight excluding hydrogens is 317 g/mol. The lowest BCUT2D eigenvalue weighted by atomic mass is 10.4. The fourth-order valence-corrected chi connectivity index (χ4v) is 4.14. The molecule has 0 saturated carbocycles. The minimum absolute atomic E-state index is 0.411. The van der Waals surface area contributed by atoms with Gasteiger partial charge in [0.25, 0.3) is 0 Å². The zero-order valence-electron chi connectivity index (χ0n) is 15.4. The first-order chi connectivity index (χ1) is 9.97. The second-order valence-corrected chi connectivity index (χ2v) is 15.3. The number of hydrogen-bond donors (Lipinski definition) is 1. The van der Waals surface area contributed by atoms with Crippen LogP contribution in [0.25, 0.3) is 0 Å². The molecule has 1 N–H and O–H groups in total. The molecular formula is C15H37NO4PSi+. The number of ether oxygens (including phenoxy) is 1. The maximum atomic E-state index is 10.7. The second-order valence-electron chi connectivity index (χ2n) is 7.79. The van der Waals surface area contributed by atoms with Gasteiger partial charge in [-0.25, -0.2) is 0 Å². The Morgan fingerprint density at radius 1 is 1.18 bits per heavy atom. The fourth-order valence-electron chi connectivity index (χ4n) is 2.47. The molecule has 0 aromatic carbocycles. The predicted molar refractivity (Wildman–Crippen MR) is 96.4 cm³/mol. The first-order valence-electron chi connectivity index (χ1n) is 8.25. The number of methoxy groups -OCH3 is 1. The Hall–Kier alpha value is 0.287. The Kier molecular flexibility index (Phi) is 10.3. The molecule has 1 aliphatic rings. The Balaban J connectivity index is 0.000000406. The van der Waals surface area contributed by atoms with Gasteiger partial charge in [-0.15, -0.1) is 0 Å². The third kappa shape index (κ3) is 13.9. The largest absolute Gasteiger partial charge is 0.379 e. The highest BCUT2D eigenvalue weighted by atomic mass is 31.2. The van der Waals surface area contributed by atoms with Crippen LogP contribution in [-0.2, 0) is 13.8 Å². The smallest absolute Gasteiger partial charge is 0.325 e. The summed E-state index contributed by atoms with van der Waals surface area (Å²) in [5, 5.41) is 0. The van der Waals surface area contributed by atoms with Gasteiger partial charge in [-0.1, -0.05) is 25.7 Å². The van der Waals surface area contributed by atoms with Gasteiger partial charge in [0, 0.05) is 34.7 Å². The molecule has 0 bridgehead atoms. The molecule has 1 heterocycles. The fraction of sp³-hybridized carbons (Fsp3) is 1.00. The number of likely N-dealkylation sites (tertiary alicyclic amines) is 1. The Bertz CT molecular complexity index is 335. The van der Waals surface area contributed by atoms with Gasteiger partial charge < -0.3 is 18.6 Å². The van der Waals surface area contributed by atoms with Crippen molar-refractivity contribution in [2.75, 3.05) is 53.7 Å². The van der Waals surface area contributed by atoms with E-state index in [9.17, 15) is 4.57 Å². The average Bonchev–Trinajstić information content (AvgIpc) is 2.78. The van der Waals surface area contributed by atoms with E-state index in [0.717, 1.165) is 19.1 Å². The Labute approximate surface area is 138 Å². The summed E-state index contributed by atoms with van der Waals surface area (Å²) in [6.07, 6.45) is 3.70. The molecule has 0 aromatic rings. The highest BCUT2D eigenvalue weighted by Crippen LogP contribution is 2.36. The van der Waals surface area contributed by atoms with E-state index in [1.807, 2.05) is 0 Å². The standard InChI is InChI=1S/C8H18NO.C7H19O3PSi/c1-9(7-8-10-2)5-3-4-6-9;1-11(8,9)10-6-5-7-12(2,3)4/h3-8H2,1-2H3;5-7H2,1-4H3,(H,8,9)/q+1;. The molecule has 0 radical (unpaired) electrons. The van der Waals surface area contributed by atoms with Crippen LogP contribution in [0.3, 0.4) is 0 Å². The Morgan fingerprint density at radius 2 is 1.73 bits per heavy atom. The van der Waals surface area contributed by atoms with Crippen LogP contribution >= 0.6 is 7.60 Å². The average molecular weight is 355 g/mol. The summed E-state index contributed by atoms with van der Waals surface area (Å²) in [7, 11) is -0.132. The van der Waals surface area contributed by atoms with Crippen LogP contribution in [0.15, 0.2) is 0 Å². The minimum atomic E-state index is -3.23. The molecule has 1 fully saturated rings. The SMILES string of the molecule is COCC[N+]1(C)CCCC1.C[Si](C)(C)CCCOP(C)(=O)O. The van der Waals surface area contributed by atoms with Crippen LogP contribution in [0, 0.1) is 0 Å². The Morgan fingerprint density at radius 3 is 2.14 bits per heavy atom. The summed E-state index contributed by atoms with van der Waals surface area (Å²) < 4.78 is 21.7. The van der Waals surface area contributed by atoms with E-state index in [2.05, 4.69) is 26.7 Å². The van der Waals surface area contributed by atoms with Crippen molar-refractivity contribution in [3.63, 3.8) is 0 Å². The van der Waals surface area contributed by atoms with E-state index in [0.29, 0.717) is 6.61 Å². The summed E-state index contributed by atoms with van der Waals surface area (Å²) in [6, 6.07) is 1.15. The molecule has 0 amide bonds. The van der Waals surface area contributed by atoms with Gasteiger partial charge in [-0.3, -0.25) is 4.57 Å². The van der Waals surface area contributed by atoms with Crippen LogP contribution in [0.4, 0.5) is 0 Å². The molecule has 1 unspecified atom stereocenters. The summed E-state index contributed by atoms with van der Waals surface area (Å²) in [6.45, 7) is 13.3.